The van der Waals surface area contributed by atoms with E-state index < -0.39 is 0 Å². The molecule has 0 aliphatic heterocycles. The molecule has 2 bridgehead atoms. The Morgan fingerprint density at radius 3 is 2.27 bits per heavy atom. The van der Waals surface area contributed by atoms with Crippen molar-refractivity contribution in [1.82, 2.24) is 0 Å². The number of fused-ring (bicyclic) bond motifs is 2. The Labute approximate surface area is 69.4 Å². The van der Waals surface area contributed by atoms with E-state index in [4.69, 9.17) is 5.73 Å². The van der Waals surface area contributed by atoms with Gasteiger partial charge in [-0.15, -0.1) is 0 Å². The van der Waals surface area contributed by atoms with E-state index in [2.05, 4.69) is 20.8 Å². The highest BCUT2D eigenvalue weighted by atomic mass is 14.8. The van der Waals surface area contributed by atoms with Crippen LogP contribution in [0.3, 0.4) is 0 Å². The molecule has 3 atom stereocenters. The van der Waals surface area contributed by atoms with Gasteiger partial charge in [0.05, 0.1) is 0 Å². The first-order valence-electron chi connectivity index (χ1n) is 4.76. The minimum absolute atomic E-state index is 0.203. The second-order valence-electron chi connectivity index (χ2n) is 5.22. The maximum atomic E-state index is 6.32. The van der Waals surface area contributed by atoms with Gasteiger partial charge in [0.1, 0.15) is 0 Å². The monoisotopic (exact) mass is 153 g/mol. The van der Waals surface area contributed by atoms with Crippen molar-refractivity contribution in [3.05, 3.63) is 0 Å². The van der Waals surface area contributed by atoms with Gasteiger partial charge in [0.2, 0.25) is 0 Å². The molecular formula is C10H19N. The Balaban J connectivity index is 2.34. The fraction of sp³-hybridized carbons (Fsp3) is 1.00. The Morgan fingerprint density at radius 2 is 2.00 bits per heavy atom. The molecule has 0 aromatic heterocycles. The van der Waals surface area contributed by atoms with Crippen LogP contribution in [0.25, 0.3) is 0 Å². The highest BCUT2D eigenvalue weighted by molar-refractivity contribution is 5.11. The largest absolute Gasteiger partial charge is 0.325 e. The summed E-state index contributed by atoms with van der Waals surface area (Å²) in [5.41, 5.74) is 7.03. The smallest absolute Gasteiger partial charge is 0.0188 e. The van der Waals surface area contributed by atoms with Crippen molar-refractivity contribution in [1.29, 1.82) is 0 Å². The number of rotatable bonds is 0. The van der Waals surface area contributed by atoms with Crippen LogP contribution in [0, 0.1) is 17.3 Å². The van der Waals surface area contributed by atoms with Gasteiger partial charge >= 0.3 is 0 Å². The fourth-order valence-electron chi connectivity index (χ4n) is 3.23. The van der Waals surface area contributed by atoms with E-state index >= 15 is 0 Å². The van der Waals surface area contributed by atoms with Crippen molar-refractivity contribution >= 4 is 0 Å². The summed E-state index contributed by atoms with van der Waals surface area (Å²) in [4.78, 5) is 0. The van der Waals surface area contributed by atoms with Crippen molar-refractivity contribution in [2.75, 3.05) is 0 Å². The first-order chi connectivity index (χ1) is 4.97. The third kappa shape index (κ3) is 0.752. The molecule has 2 aliphatic carbocycles. The summed E-state index contributed by atoms with van der Waals surface area (Å²) in [6.45, 7) is 7.10. The van der Waals surface area contributed by atoms with E-state index in [1.807, 2.05) is 0 Å². The van der Waals surface area contributed by atoms with E-state index in [0.717, 1.165) is 5.92 Å². The molecule has 1 nitrogen and oxygen atoms in total. The summed E-state index contributed by atoms with van der Waals surface area (Å²) in [7, 11) is 0. The topological polar surface area (TPSA) is 26.0 Å². The quantitative estimate of drug-likeness (QED) is 0.567. The summed E-state index contributed by atoms with van der Waals surface area (Å²) in [6.07, 6.45) is 3.91. The van der Waals surface area contributed by atoms with Crippen LogP contribution >= 0.6 is 0 Å². The predicted molar refractivity (Wildman–Crippen MR) is 47.2 cm³/mol. The van der Waals surface area contributed by atoms with Gasteiger partial charge in [0.25, 0.3) is 0 Å². The van der Waals surface area contributed by atoms with Gasteiger partial charge in [-0.3, -0.25) is 0 Å². The Kier molecular flexibility index (Phi) is 1.26. The van der Waals surface area contributed by atoms with Crippen LogP contribution in [0.2, 0.25) is 0 Å². The third-order valence-electron chi connectivity index (χ3n) is 4.62. The van der Waals surface area contributed by atoms with Gasteiger partial charge in [-0.1, -0.05) is 20.8 Å². The molecular weight excluding hydrogens is 134 g/mol. The highest BCUT2D eigenvalue weighted by Crippen LogP contribution is 2.59. The lowest BCUT2D eigenvalue weighted by Gasteiger charge is -2.40. The molecule has 0 heterocycles. The van der Waals surface area contributed by atoms with E-state index in [1.165, 1.54) is 19.3 Å². The maximum Gasteiger partial charge on any atom is 0.0188 e. The number of hydrogen-bond acceptors (Lipinski definition) is 1. The third-order valence-corrected chi connectivity index (χ3v) is 4.62. The summed E-state index contributed by atoms with van der Waals surface area (Å²) < 4.78 is 0. The van der Waals surface area contributed by atoms with Gasteiger partial charge in [-0.25, -0.2) is 0 Å². The zero-order valence-electron chi connectivity index (χ0n) is 7.85. The standard InChI is InChI=1S/C10H19N/c1-7-9(2,3)8-4-5-10(7,11)6-8/h7-8H,4-6,11H2,1-3H3/t7-,8-,10-/m1/s1. The zero-order chi connectivity index (χ0) is 8.28. The van der Waals surface area contributed by atoms with Gasteiger partial charge < -0.3 is 5.73 Å². The first kappa shape index (κ1) is 7.60. The lowest BCUT2D eigenvalue weighted by molar-refractivity contribution is 0.123. The molecule has 0 unspecified atom stereocenters. The Bertz CT molecular complexity index is 181. The molecule has 0 saturated heterocycles. The SMILES string of the molecule is C[C@@H]1C(C)(C)[C@@H]2CC[C@@]1(N)C2. The molecule has 2 rings (SSSR count). The van der Waals surface area contributed by atoms with Crippen LogP contribution in [0.1, 0.15) is 40.0 Å². The van der Waals surface area contributed by atoms with Crippen LogP contribution in [-0.4, -0.2) is 5.54 Å². The van der Waals surface area contributed by atoms with E-state index in [0.29, 0.717) is 11.3 Å². The summed E-state index contributed by atoms with van der Waals surface area (Å²) in [5.74, 6) is 1.62. The normalized spacial score (nSPS) is 53.5. The van der Waals surface area contributed by atoms with Crippen LogP contribution in [-0.2, 0) is 0 Å². The molecule has 0 radical (unpaired) electrons. The van der Waals surface area contributed by atoms with E-state index in [1.54, 1.807) is 0 Å². The Hall–Kier alpha value is -0.0400. The molecule has 2 N–H and O–H groups in total. The van der Waals surface area contributed by atoms with E-state index in [-0.39, 0.29) is 5.54 Å². The van der Waals surface area contributed by atoms with Crippen LogP contribution in [0.15, 0.2) is 0 Å². The van der Waals surface area contributed by atoms with Gasteiger partial charge in [-0.05, 0) is 36.5 Å². The van der Waals surface area contributed by atoms with Crippen molar-refractivity contribution in [2.45, 2.75) is 45.6 Å². The maximum absolute atomic E-state index is 6.32. The molecule has 2 saturated carbocycles. The summed E-state index contributed by atoms with van der Waals surface area (Å²) in [5, 5.41) is 0. The molecule has 0 aromatic rings. The minimum Gasteiger partial charge on any atom is -0.325 e. The van der Waals surface area contributed by atoms with Crippen LogP contribution < -0.4 is 5.73 Å². The number of nitrogens with two attached hydrogens (primary N) is 1. The fourth-order valence-corrected chi connectivity index (χ4v) is 3.23. The number of hydrogen-bond donors (Lipinski definition) is 1. The molecule has 0 amide bonds. The van der Waals surface area contributed by atoms with Crippen molar-refractivity contribution in [3.8, 4) is 0 Å². The molecule has 64 valence electrons. The summed E-state index contributed by atoms with van der Waals surface area (Å²) in [6, 6.07) is 0. The first-order valence-corrected chi connectivity index (χ1v) is 4.76. The molecule has 0 spiro atoms. The average Bonchev–Trinajstić information content (AvgIpc) is 2.36. The van der Waals surface area contributed by atoms with Gasteiger partial charge in [0, 0.05) is 5.54 Å². The molecule has 1 heteroatoms. The van der Waals surface area contributed by atoms with Crippen molar-refractivity contribution in [2.24, 2.45) is 23.0 Å². The second-order valence-corrected chi connectivity index (χ2v) is 5.22. The van der Waals surface area contributed by atoms with E-state index in [9.17, 15) is 0 Å². The Morgan fingerprint density at radius 1 is 1.36 bits per heavy atom. The molecule has 0 aromatic carbocycles. The minimum atomic E-state index is 0.203. The van der Waals surface area contributed by atoms with Crippen molar-refractivity contribution < 1.29 is 0 Å². The molecule has 2 fully saturated rings. The highest BCUT2D eigenvalue weighted by Gasteiger charge is 2.57. The molecule has 2 aliphatic rings. The van der Waals surface area contributed by atoms with Gasteiger partial charge in [0.15, 0.2) is 0 Å². The predicted octanol–water partition coefficient (Wildman–Crippen LogP) is 2.16. The van der Waals surface area contributed by atoms with Gasteiger partial charge in [-0.2, -0.15) is 0 Å². The summed E-state index contributed by atoms with van der Waals surface area (Å²) >= 11 is 0. The average molecular weight is 153 g/mol. The van der Waals surface area contributed by atoms with Crippen LogP contribution in [0.4, 0.5) is 0 Å². The van der Waals surface area contributed by atoms with Crippen molar-refractivity contribution in [3.63, 3.8) is 0 Å². The second kappa shape index (κ2) is 1.82. The lowest BCUT2D eigenvalue weighted by Crippen LogP contribution is -2.46. The van der Waals surface area contributed by atoms with Crippen LogP contribution in [0.5, 0.6) is 0 Å². The zero-order valence-corrected chi connectivity index (χ0v) is 7.85. The lowest BCUT2D eigenvalue weighted by atomic mass is 9.68. The molecule has 11 heavy (non-hydrogen) atoms.